The normalized spacial score (nSPS) is 10.1. The maximum atomic E-state index is 11.9. The first-order valence-electron chi connectivity index (χ1n) is 5.50. The molecule has 0 spiro atoms. The zero-order valence-corrected chi connectivity index (χ0v) is 9.63. The number of phenols is 1. The van der Waals surface area contributed by atoms with Crippen molar-refractivity contribution in [2.24, 2.45) is 0 Å². The van der Waals surface area contributed by atoms with Gasteiger partial charge in [-0.1, -0.05) is 24.3 Å². The van der Waals surface area contributed by atoms with Gasteiger partial charge in [0, 0.05) is 16.8 Å². The second-order valence-corrected chi connectivity index (χ2v) is 3.82. The zero-order valence-electron chi connectivity index (χ0n) is 9.63. The lowest BCUT2D eigenvalue weighted by Gasteiger charge is -2.09. The first-order valence-corrected chi connectivity index (χ1v) is 5.50. The van der Waals surface area contributed by atoms with E-state index < -0.39 is 0 Å². The second-order valence-electron chi connectivity index (χ2n) is 3.82. The van der Waals surface area contributed by atoms with Crippen molar-refractivity contribution in [2.45, 2.75) is 6.61 Å². The van der Waals surface area contributed by atoms with Gasteiger partial charge in [0.25, 0.3) is 5.91 Å². The van der Waals surface area contributed by atoms with Crippen molar-refractivity contribution in [3.63, 3.8) is 0 Å². The van der Waals surface area contributed by atoms with Gasteiger partial charge in [-0.25, -0.2) is 0 Å². The van der Waals surface area contributed by atoms with Crippen LogP contribution in [-0.2, 0) is 6.61 Å². The molecule has 0 aliphatic carbocycles. The summed E-state index contributed by atoms with van der Waals surface area (Å²) in [6.45, 7) is -0.142. The van der Waals surface area contributed by atoms with Crippen LogP contribution in [-0.4, -0.2) is 16.1 Å². The average Bonchev–Trinajstić information content (AvgIpc) is 2.39. The number of amides is 1. The van der Waals surface area contributed by atoms with E-state index in [1.807, 2.05) is 0 Å². The highest BCUT2D eigenvalue weighted by Crippen LogP contribution is 2.17. The Morgan fingerprint density at radius 3 is 2.61 bits per heavy atom. The number of phenolic OH excluding ortho intramolecular Hbond substituents is 1. The number of hydrogen-bond donors (Lipinski definition) is 3. The number of aliphatic hydroxyl groups is 1. The Hall–Kier alpha value is -2.33. The SMILES string of the molecule is O=C(Nc1ccccc1CO)c1cccc(O)c1. The lowest BCUT2D eigenvalue weighted by atomic mass is 10.1. The summed E-state index contributed by atoms with van der Waals surface area (Å²) in [5.74, 6) is -0.287. The van der Waals surface area contributed by atoms with Crippen LogP contribution in [0.3, 0.4) is 0 Å². The maximum absolute atomic E-state index is 11.9. The number of nitrogens with one attached hydrogen (secondary N) is 1. The number of carbonyl (C=O) groups excluding carboxylic acids is 1. The molecule has 0 saturated heterocycles. The average molecular weight is 243 g/mol. The smallest absolute Gasteiger partial charge is 0.255 e. The molecule has 1 amide bonds. The van der Waals surface area contributed by atoms with Crippen molar-refractivity contribution in [2.75, 3.05) is 5.32 Å². The molecular formula is C14H13NO3. The Balaban J connectivity index is 2.21. The van der Waals surface area contributed by atoms with Crippen molar-refractivity contribution >= 4 is 11.6 Å². The Kier molecular flexibility index (Phi) is 3.60. The quantitative estimate of drug-likeness (QED) is 0.773. The van der Waals surface area contributed by atoms with E-state index in [0.717, 1.165) is 0 Å². The number of para-hydroxylation sites is 1. The number of aliphatic hydroxyl groups excluding tert-OH is 1. The summed E-state index contributed by atoms with van der Waals surface area (Å²) in [5, 5.41) is 21.2. The Morgan fingerprint density at radius 2 is 1.89 bits per heavy atom. The fourth-order valence-corrected chi connectivity index (χ4v) is 1.62. The van der Waals surface area contributed by atoms with Gasteiger partial charge in [-0.2, -0.15) is 0 Å². The molecule has 92 valence electrons. The third-order valence-corrected chi connectivity index (χ3v) is 2.54. The van der Waals surface area contributed by atoms with Crippen molar-refractivity contribution in [3.8, 4) is 5.75 Å². The first kappa shape index (κ1) is 12.1. The maximum Gasteiger partial charge on any atom is 0.255 e. The molecule has 0 bridgehead atoms. The molecule has 4 heteroatoms. The van der Waals surface area contributed by atoms with E-state index in [4.69, 9.17) is 5.11 Å². The van der Waals surface area contributed by atoms with Crippen LogP contribution in [0.25, 0.3) is 0 Å². The predicted octanol–water partition coefficient (Wildman–Crippen LogP) is 2.14. The summed E-state index contributed by atoms with van der Waals surface area (Å²) in [6, 6.07) is 13.1. The molecule has 0 fully saturated rings. The Morgan fingerprint density at radius 1 is 1.11 bits per heavy atom. The molecule has 0 radical (unpaired) electrons. The van der Waals surface area contributed by atoms with E-state index in [0.29, 0.717) is 16.8 Å². The number of benzene rings is 2. The third-order valence-electron chi connectivity index (χ3n) is 2.54. The van der Waals surface area contributed by atoms with E-state index in [1.54, 1.807) is 36.4 Å². The van der Waals surface area contributed by atoms with Crippen LogP contribution in [0.5, 0.6) is 5.75 Å². The molecule has 2 aromatic rings. The molecule has 2 rings (SSSR count). The van der Waals surface area contributed by atoms with Gasteiger partial charge in [-0.3, -0.25) is 4.79 Å². The number of rotatable bonds is 3. The van der Waals surface area contributed by atoms with Crippen LogP contribution in [0.2, 0.25) is 0 Å². The molecule has 4 nitrogen and oxygen atoms in total. The molecular weight excluding hydrogens is 230 g/mol. The van der Waals surface area contributed by atoms with Gasteiger partial charge in [0.15, 0.2) is 0 Å². The van der Waals surface area contributed by atoms with Gasteiger partial charge in [-0.15, -0.1) is 0 Å². The standard InChI is InChI=1S/C14H13NO3/c16-9-11-4-1-2-7-13(11)15-14(18)10-5-3-6-12(17)8-10/h1-8,16-17H,9H2,(H,15,18). The van der Waals surface area contributed by atoms with Gasteiger partial charge in [0.2, 0.25) is 0 Å². The van der Waals surface area contributed by atoms with Gasteiger partial charge >= 0.3 is 0 Å². The largest absolute Gasteiger partial charge is 0.508 e. The van der Waals surface area contributed by atoms with E-state index in [1.165, 1.54) is 12.1 Å². The number of carbonyl (C=O) groups is 1. The van der Waals surface area contributed by atoms with E-state index in [2.05, 4.69) is 5.32 Å². The highest BCUT2D eigenvalue weighted by atomic mass is 16.3. The summed E-state index contributed by atoms with van der Waals surface area (Å²) >= 11 is 0. The molecule has 0 heterocycles. The molecule has 0 unspecified atom stereocenters. The number of hydrogen-bond acceptors (Lipinski definition) is 3. The zero-order chi connectivity index (χ0) is 13.0. The first-order chi connectivity index (χ1) is 8.70. The van der Waals surface area contributed by atoms with Crippen LogP contribution >= 0.6 is 0 Å². The van der Waals surface area contributed by atoms with Crippen LogP contribution in [0.4, 0.5) is 5.69 Å². The molecule has 18 heavy (non-hydrogen) atoms. The van der Waals surface area contributed by atoms with E-state index in [9.17, 15) is 9.90 Å². The van der Waals surface area contributed by atoms with Gasteiger partial charge in [0.1, 0.15) is 5.75 Å². The minimum atomic E-state index is -0.327. The van der Waals surface area contributed by atoms with Gasteiger partial charge in [-0.05, 0) is 24.3 Å². The Bertz CT molecular complexity index is 566. The van der Waals surface area contributed by atoms with Gasteiger partial charge in [0.05, 0.1) is 6.61 Å². The highest BCUT2D eigenvalue weighted by molar-refractivity contribution is 6.04. The molecule has 0 saturated carbocycles. The lowest BCUT2D eigenvalue weighted by Crippen LogP contribution is -2.13. The van der Waals surface area contributed by atoms with E-state index >= 15 is 0 Å². The summed E-state index contributed by atoms with van der Waals surface area (Å²) < 4.78 is 0. The van der Waals surface area contributed by atoms with Crippen molar-refractivity contribution in [1.29, 1.82) is 0 Å². The highest BCUT2D eigenvalue weighted by Gasteiger charge is 2.08. The summed E-state index contributed by atoms with van der Waals surface area (Å²) in [7, 11) is 0. The van der Waals surface area contributed by atoms with Crippen molar-refractivity contribution in [3.05, 3.63) is 59.7 Å². The summed E-state index contributed by atoms with van der Waals surface area (Å²) in [5.41, 5.74) is 1.57. The van der Waals surface area contributed by atoms with Crippen LogP contribution < -0.4 is 5.32 Å². The second kappa shape index (κ2) is 5.33. The number of aromatic hydroxyl groups is 1. The van der Waals surface area contributed by atoms with Crippen LogP contribution in [0, 0.1) is 0 Å². The topological polar surface area (TPSA) is 69.6 Å². The van der Waals surface area contributed by atoms with Crippen LogP contribution in [0.15, 0.2) is 48.5 Å². The fourth-order valence-electron chi connectivity index (χ4n) is 1.62. The monoisotopic (exact) mass is 243 g/mol. The van der Waals surface area contributed by atoms with Crippen molar-refractivity contribution in [1.82, 2.24) is 0 Å². The predicted molar refractivity (Wildman–Crippen MR) is 68.4 cm³/mol. The van der Waals surface area contributed by atoms with Crippen LogP contribution in [0.1, 0.15) is 15.9 Å². The molecule has 0 atom stereocenters. The summed E-state index contributed by atoms with van der Waals surface area (Å²) in [6.07, 6.45) is 0. The fraction of sp³-hybridized carbons (Fsp3) is 0.0714. The lowest BCUT2D eigenvalue weighted by molar-refractivity contribution is 0.102. The minimum absolute atomic E-state index is 0.0399. The van der Waals surface area contributed by atoms with Crippen molar-refractivity contribution < 1.29 is 15.0 Å². The molecule has 0 aliphatic heterocycles. The minimum Gasteiger partial charge on any atom is -0.508 e. The third kappa shape index (κ3) is 2.67. The molecule has 2 aromatic carbocycles. The van der Waals surface area contributed by atoms with Gasteiger partial charge < -0.3 is 15.5 Å². The molecule has 0 aliphatic rings. The number of anilines is 1. The molecule has 3 N–H and O–H groups in total. The molecule has 0 aromatic heterocycles. The van der Waals surface area contributed by atoms with E-state index in [-0.39, 0.29) is 18.3 Å². The Labute approximate surface area is 105 Å². The summed E-state index contributed by atoms with van der Waals surface area (Å²) in [4.78, 5) is 11.9.